The molecule has 0 amide bonds. The summed E-state index contributed by atoms with van der Waals surface area (Å²) in [6.07, 6.45) is 0. The summed E-state index contributed by atoms with van der Waals surface area (Å²) in [6, 6.07) is 8.63. The van der Waals surface area contributed by atoms with E-state index in [1.807, 2.05) is 25.1 Å². The fourth-order valence-electron chi connectivity index (χ4n) is 2.13. The van der Waals surface area contributed by atoms with Crippen molar-refractivity contribution in [1.29, 1.82) is 0 Å². The highest BCUT2D eigenvalue weighted by atomic mass is 79.9. The zero-order valence-corrected chi connectivity index (χ0v) is 12.8. The molecule has 6 heteroatoms. The summed E-state index contributed by atoms with van der Waals surface area (Å²) in [6.45, 7) is 1.98. The van der Waals surface area contributed by atoms with Crippen LogP contribution in [0.2, 0.25) is 5.02 Å². The van der Waals surface area contributed by atoms with Gasteiger partial charge in [0.1, 0.15) is 5.82 Å². The molecule has 1 heterocycles. The average molecular weight is 355 g/mol. The largest absolute Gasteiger partial charge is 0.369 e. The number of benzene rings is 2. The first kappa shape index (κ1) is 13.4. The Labute approximate surface area is 128 Å². The Kier molecular flexibility index (Phi) is 3.18. The minimum Gasteiger partial charge on any atom is -0.369 e. The first-order valence-corrected chi connectivity index (χ1v) is 7.04. The molecule has 0 fully saturated rings. The molecule has 3 nitrogen and oxygen atoms in total. The fraction of sp³-hybridized carbons (Fsp3) is 0.0714. The lowest BCUT2D eigenvalue weighted by atomic mass is 10.2. The number of hydrogen-bond donors (Lipinski definition) is 1. The summed E-state index contributed by atoms with van der Waals surface area (Å²) in [7, 11) is 0. The third-order valence-electron chi connectivity index (χ3n) is 3.12. The molecular weight excluding hydrogens is 345 g/mol. The zero-order valence-electron chi connectivity index (χ0n) is 10.5. The molecular formula is C14H10BrClFN3. The van der Waals surface area contributed by atoms with Crippen molar-refractivity contribution in [2.24, 2.45) is 0 Å². The van der Waals surface area contributed by atoms with Crippen LogP contribution in [0.4, 0.5) is 10.3 Å². The highest BCUT2D eigenvalue weighted by Gasteiger charge is 2.13. The summed E-state index contributed by atoms with van der Waals surface area (Å²) < 4.78 is 16.2. The highest BCUT2D eigenvalue weighted by molar-refractivity contribution is 9.10. The van der Waals surface area contributed by atoms with E-state index in [9.17, 15) is 4.39 Å². The number of imidazole rings is 1. The van der Waals surface area contributed by atoms with Gasteiger partial charge >= 0.3 is 0 Å². The van der Waals surface area contributed by atoms with Crippen LogP contribution in [0.1, 0.15) is 5.56 Å². The number of rotatable bonds is 1. The van der Waals surface area contributed by atoms with Crippen molar-refractivity contribution in [3.63, 3.8) is 0 Å². The van der Waals surface area contributed by atoms with Crippen LogP contribution >= 0.6 is 27.5 Å². The van der Waals surface area contributed by atoms with Gasteiger partial charge in [0.25, 0.3) is 0 Å². The molecule has 0 saturated carbocycles. The Morgan fingerprint density at radius 3 is 2.75 bits per heavy atom. The third kappa shape index (κ3) is 2.07. The molecule has 3 rings (SSSR count). The number of fused-ring (bicyclic) bond motifs is 1. The number of nitrogens with zero attached hydrogens (tertiary/aromatic N) is 2. The van der Waals surface area contributed by atoms with E-state index >= 15 is 0 Å². The molecule has 0 aliphatic rings. The number of nitrogens with two attached hydrogens (primary N) is 1. The molecule has 0 bridgehead atoms. The van der Waals surface area contributed by atoms with Gasteiger partial charge in [0, 0.05) is 16.2 Å². The molecule has 2 aromatic carbocycles. The van der Waals surface area contributed by atoms with Crippen LogP contribution in [-0.2, 0) is 0 Å². The van der Waals surface area contributed by atoms with Gasteiger partial charge in [-0.25, -0.2) is 9.37 Å². The van der Waals surface area contributed by atoms with E-state index in [-0.39, 0.29) is 5.02 Å². The Balaban J connectivity index is 2.32. The summed E-state index contributed by atoms with van der Waals surface area (Å²) >= 11 is 9.30. The number of aromatic nitrogens is 2. The van der Waals surface area contributed by atoms with Gasteiger partial charge in [0.05, 0.1) is 16.1 Å². The minimum absolute atomic E-state index is 0.0486. The van der Waals surface area contributed by atoms with Crippen LogP contribution in [0.5, 0.6) is 0 Å². The first-order valence-electron chi connectivity index (χ1n) is 5.87. The molecule has 2 N–H and O–H groups in total. The van der Waals surface area contributed by atoms with Crippen LogP contribution in [0, 0.1) is 12.7 Å². The van der Waals surface area contributed by atoms with Crippen molar-refractivity contribution in [3.8, 4) is 5.69 Å². The number of nitrogen functional groups attached to an aromatic ring is 1. The molecule has 0 aliphatic carbocycles. The Bertz CT molecular complexity index is 829. The lowest BCUT2D eigenvalue weighted by molar-refractivity contribution is 0.630. The number of halogens is 3. The third-order valence-corrected chi connectivity index (χ3v) is 4.30. The van der Waals surface area contributed by atoms with E-state index in [1.54, 1.807) is 4.57 Å². The molecule has 0 saturated heterocycles. The summed E-state index contributed by atoms with van der Waals surface area (Å²) in [5, 5.41) is 0.0486. The van der Waals surface area contributed by atoms with E-state index in [0.29, 0.717) is 17.0 Å². The minimum atomic E-state index is -0.504. The predicted molar refractivity (Wildman–Crippen MR) is 82.9 cm³/mol. The van der Waals surface area contributed by atoms with Gasteiger partial charge < -0.3 is 5.73 Å². The number of hydrogen-bond acceptors (Lipinski definition) is 2. The average Bonchev–Trinajstić information content (AvgIpc) is 2.69. The lowest BCUT2D eigenvalue weighted by Gasteiger charge is -2.08. The Hall–Kier alpha value is -1.59. The smallest absolute Gasteiger partial charge is 0.205 e. The van der Waals surface area contributed by atoms with Gasteiger partial charge in [0.15, 0.2) is 0 Å². The monoisotopic (exact) mass is 353 g/mol. The maximum atomic E-state index is 13.5. The summed E-state index contributed by atoms with van der Waals surface area (Å²) in [5.41, 5.74) is 9.02. The van der Waals surface area contributed by atoms with Crippen LogP contribution < -0.4 is 5.73 Å². The number of aryl methyl sites for hydroxylation is 1. The molecule has 0 radical (unpaired) electrons. The molecule has 0 atom stereocenters. The highest BCUT2D eigenvalue weighted by Crippen LogP contribution is 2.29. The predicted octanol–water partition coefficient (Wildman–Crippen LogP) is 4.47. The first-order chi connectivity index (χ1) is 9.47. The van der Waals surface area contributed by atoms with Gasteiger partial charge in [-0.3, -0.25) is 4.57 Å². The van der Waals surface area contributed by atoms with Gasteiger partial charge in [-0.05, 0) is 36.8 Å². The van der Waals surface area contributed by atoms with Crippen LogP contribution in [0.15, 0.2) is 34.8 Å². The molecule has 20 heavy (non-hydrogen) atoms. The van der Waals surface area contributed by atoms with E-state index in [1.165, 1.54) is 12.1 Å². The van der Waals surface area contributed by atoms with E-state index < -0.39 is 5.82 Å². The lowest BCUT2D eigenvalue weighted by Crippen LogP contribution is -2.01. The molecule has 102 valence electrons. The van der Waals surface area contributed by atoms with Gasteiger partial charge in [-0.15, -0.1) is 0 Å². The second kappa shape index (κ2) is 4.75. The summed E-state index contributed by atoms with van der Waals surface area (Å²) in [4.78, 5) is 4.17. The maximum absolute atomic E-state index is 13.5. The van der Waals surface area contributed by atoms with E-state index in [0.717, 1.165) is 15.7 Å². The molecule has 0 spiro atoms. The molecule has 0 unspecified atom stereocenters. The Morgan fingerprint density at radius 1 is 1.30 bits per heavy atom. The zero-order chi connectivity index (χ0) is 14.4. The molecule has 3 aromatic rings. The van der Waals surface area contributed by atoms with Crippen molar-refractivity contribution < 1.29 is 4.39 Å². The maximum Gasteiger partial charge on any atom is 0.205 e. The van der Waals surface area contributed by atoms with Crippen molar-refractivity contribution in [1.82, 2.24) is 9.55 Å². The Morgan fingerprint density at radius 2 is 2.05 bits per heavy atom. The van der Waals surface area contributed by atoms with Crippen LogP contribution in [-0.4, -0.2) is 9.55 Å². The van der Waals surface area contributed by atoms with E-state index in [2.05, 4.69) is 20.9 Å². The standard InChI is InChI=1S/C14H10BrClFN3/c1-7-4-8(2-3-9(7)15)20-13-5-10(16)11(17)6-12(13)19-14(20)18/h2-6H,1H3,(H2,18,19). The van der Waals surface area contributed by atoms with Gasteiger partial charge in [-0.1, -0.05) is 27.5 Å². The van der Waals surface area contributed by atoms with E-state index in [4.69, 9.17) is 17.3 Å². The topological polar surface area (TPSA) is 43.8 Å². The normalized spacial score (nSPS) is 11.2. The van der Waals surface area contributed by atoms with Crippen LogP contribution in [0.3, 0.4) is 0 Å². The second-order valence-corrected chi connectivity index (χ2v) is 5.76. The van der Waals surface area contributed by atoms with Gasteiger partial charge in [-0.2, -0.15) is 0 Å². The number of anilines is 1. The SMILES string of the molecule is Cc1cc(-n2c(N)nc3cc(F)c(Cl)cc32)ccc1Br. The van der Waals surface area contributed by atoms with Crippen LogP contribution in [0.25, 0.3) is 16.7 Å². The van der Waals surface area contributed by atoms with Crippen molar-refractivity contribution in [2.75, 3.05) is 5.73 Å². The van der Waals surface area contributed by atoms with Crippen molar-refractivity contribution in [3.05, 3.63) is 51.2 Å². The quantitative estimate of drug-likeness (QED) is 0.700. The van der Waals surface area contributed by atoms with Gasteiger partial charge in [0.2, 0.25) is 5.95 Å². The summed E-state index contributed by atoms with van der Waals surface area (Å²) in [5.74, 6) is -0.209. The molecule has 0 aliphatic heterocycles. The molecule has 1 aromatic heterocycles. The van der Waals surface area contributed by atoms with Crippen molar-refractivity contribution in [2.45, 2.75) is 6.92 Å². The van der Waals surface area contributed by atoms with Crippen molar-refractivity contribution >= 4 is 44.5 Å². The second-order valence-electron chi connectivity index (χ2n) is 4.49. The fourth-order valence-corrected chi connectivity index (χ4v) is 2.54.